The summed E-state index contributed by atoms with van der Waals surface area (Å²) in [6.45, 7) is 8.94. The van der Waals surface area contributed by atoms with Gasteiger partial charge in [0.05, 0.1) is 38.5 Å². The Hall–Kier alpha value is -7.74. The third-order valence-corrected chi connectivity index (χ3v) is 15.3. The van der Waals surface area contributed by atoms with Crippen LogP contribution in [0.3, 0.4) is 0 Å². The molecule has 6 rings (SSSR count). The van der Waals surface area contributed by atoms with Crippen molar-refractivity contribution in [2.75, 3.05) is 80.8 Å². The molecule has 2 aliphatic heterocycles. The highest BCUT2D eigenvalue weighted by Gasteiger charge is 2.40. The average Bonchev–Trinajstić information content (AvgIpc) is 4.39. The van der Waals surface area contributed by atoms with E-state index in [0.717, 1.165) is 24.0 Å². The van der Waals surface area contributed by atoms with Gasteiger partial charge >= 0.3 is 0 Å². The number of nitrogens with zero attached hydrogens (tertiary/aromatic N) is 4. The number of benzene rings is 4. The minimum absolute atomic E-state index is 0.111. The van der Waals surface area contributed by atoms with Crippen LogP contribution in [-0.4, -0.2) is 184 Å². The van der Waals surface area contributed by atoms with Crippen molar-refractivity contribution < 1.29 is 47.7 Å². The van der Waals surface area contributed by atoms with Crippen LogP contribution >= 0.6 is 0 Å². The first-order valence-corrected chi connectivity index (χ1v) is 28.4. The van der Waals surface area contributed by atoms with Crippen LogP contribution in [0.25, 0.3) is 0 Å². The number of hydrogen-bond acceptors (Lipinski definition) is 12. The van der Waals surface area contributed by atoms with Gasteiger partial charge in [0, 0.05) is 62.5 Å². The van der Waals surface area contributed by atoms with E-state index < -0.39 is 36.4 Å². The van der Waals surface area contributed by atoms with Gasteiger partial charge in [0.15, 0.2) is 0 Å². The molecular formula is C64H82N8O10. The van der Waals surface area contributed by atoms with Crippen LogP contribution in [0.15, 0.2) is 109 Å². The molecule has 18 nitrogen and oxygen atoms in total. The van der Waals surface area contributed by atoms with Gasteiger partial charge in [-0.25, -0.2) is 0 Å². The lowest BCUT2D eigenvalue weighted by Crippen LogP contribution is -2.58. The van der Waals surface area contributed by atoms with Gasteiger partial charge in [-0.1, -0.05) is 72.5 Å². The number of carbonyl (C=O) groups excluding carboxylic acids is 6. The maximum absolute atomic E-state index is 14.6. The fourth-order valence-corrected chi connectivity index (χ4v) is 9.98. The standard InChI is InChI=1S/C64H82N8O10/c1-45(65-5)59(73)67-57(63(77)71-37-19-25-53(71)43-69(39-35-49-21-13-11-14-22-49)61(75)51-27-31-55(79-7)32-28-51)47(3)81-41-17-9-10-18-42-82-48(4)58(68-60(74)46(2)66-6)64(78)72-38-20-26-54(72)44-70(40-36-50-23-15-12-16-24-50)62(76)52-29-33-56(80-8)34-30-52/h11-16,21-24,27-34,45-48,53-54,57-58,65-66H,19-20,25-26,35-44H2,1-8H3,(H,67,73)(H,68,74)/t45-,46-,47+,48?,53?,54-,57-,58-/m0/s1. The van der Waals surface area contributed by atoms with Crippen LogP contribution in [0.1, 0.15) is 85.2 Å². The van der Waals surface area contributed by atoms with Crippen LogP contribution in [0.2, 0.25) is 0 Å². The number of likely N-dealkylation sites (N-methyl/N-ethyl adjacent to an activating group) is 2. The monoisotopic (exact) mass is 1120 g/mol. The molecule has 2 saturated heterocycles. The Morgan fingerprint density at radius 3 is 1.26 bits per heavy atom. The van der Waals surface area contributed by atoms with Gasteiger partial charge in [-0.15, -0.1) is 0 Å². The van der Waals surface area contributed by atoms with E-state index >= 15 is 0 Å². The molecule has 4 aromatic rings. The molecule has 0 radical (unpaired) electrons. The molecule has 438 valence electrons. The van der Waals surface area contributed by atoms with Crippen molar-refractivity contribution >= 4 is 35.4 Å². The normalized spacial score (nSPS) is 16.8. The second-order valence-electron chi connectivity index (χ2n) is 20.7. The Morgan fingerprint density at radius 2 is 0.915 bits per heavy atom. The molecule has 2 heterocycles. The van der Waals surface area contributed by atoms with Gasteiger partial charge < -0.3 is 59.8 Å². The largest absolute Gasteiger partial charge is 0.497 e. The molecule has 0 aromatic heterocycles. The third kappa shape index (κ3) is 18.4. The van der Waals surface area contributed by atoms with Crippen LogP contribution in [-0.2, 0) is 41.5 Å². The van der Waals surface area contributed by atoms with Crippen LogP contribution < -0.4 is 30.7 Å². The molecule has 2 unspecified atom stereocenters. The number of hydrogen-bond donors (Lipinski definition) is 4. The smallest absolute Gasteiger partial charge is 0.253 e. The third-order valence-electron chi connectivity index (χ3n) is 15.3. The predicted octanol–water partition coefficient (Wildman–Crippen LogP) is 4.76. The molecule has 0 aliphatic carbocycles. The summed E-state index contributed by atoms with van der Waals surface area (Å²) in [6, 6.07) is 29.9. The molecule has 8 atom stereocenters. The van der Waals surface area contributed by atoms with Crippen LogP contribution in [0.4, 0.5) is 0 Å². The zero-order valence-corrected chi connectivity index (χ0v) is 48.8. The molecular weight excluding hydrogens is 1040 g/mol. The quantitative estimate of drug-likeness (QED) is 0.0570. The number of carbonyl (C=O) groups is 6. The lowest BCUT2D eigenvalue weighted by atomic mass is 10.1. The highest BCUT2D eigenvalue weighted by molar-refractivity contribution is 5.95. The summed E-state index contributed by atoms with van der Waals surface area (Å²) >= 11 is 0. The number of amides is 6. The maximum Gasteiger partial charge on any atom is 0.253 e. The lowest BCUT2D eigenvalue weighted by Gasteiger charge is -2.35. The summed E-state index contributed by atoms with van der Waals surface area (Å²) in [5.74, 6) is 10.9. The summed E-state index contributed by atoms with van der Waals surface area (Å²) in [5, 5.41) is 11.7. The number of ether oxygens (including phenoxy) is 4. The van der Waals surface area contributed by atoms with Crippen molar-refractivity contribution in [3.63, 3.8) is 0 Å². The zero-order chi connectivity index (χ0) is 59.0. The van der Waals surface area contributed by atoms with E-state index in [4.69, 9.17) is 18.9 Å². The van der Waals surface area contributed by atoms with Gasteiger partial charge in [0.25, 0.3) is 11.8 Å². The molecule has 2 fully saturated rings. The first-order valence-electron chi connectivity index (χ1n) is 28.4. The highest BCUT2D eigenvalue weighted by Crippen LogP contribution is 2.25. The maximum atomic E-state index is 14.6. The van der Waals surface area contributed by atoms with Gasteiger partial charge in [-0.05, 0) is 152 Å². The van der Waals surface area contributed by atoms with Gasteiger partial charge in [0.1, 0.15) is 36.8 Å². The topological polar surface area (TPSA) is 200 Å². The summed E-state index contributed by atoms with van der Waals surface area (Å²) < 4.78 is 22.9. The second-order valence-corrected chi connectivity index (χ2v) is 20.7. The van der Waals surface area contributed by atoms with E-state index in [0.29, 0.717) is 87.6 Å². The lowest BCUT2D eigenvalue weighted by molar-refractivity contribution is -0.141. The van der Waals surface area contributed by atoms with E-state index in [1.54, 1.807) is 124 Å². The van der Waals surface area contributed by atoms with Gasteiger partial charge in [-0.3, -0.25) is 28.8 Å². The summed E-state index contributed by atoms with van der Waals surface area (Å²) in [7, 11) is 6.47. The summed E-state index contributed by atoms with van der Waals surface area (Å²) in [6.07, 6.45) is 2.42. The van der Waals surface area contributed by atoms with Gasteiger partial charge in [-0.2, -0.15) is 0 Å². The summed E-state index contributed by atoms with van der Waals surface area (Å²) in [5.41, 5.74) is 3.19. The Morgan fingerprint density at radius 1 is 0.549 bits per heavy atom. The minimum atomic E-state index is -1.06. The van der Waals surface area contributed by atoms with Crippen molar-refractivity contribution in [3.05, 3.63) is 131 Å². The number of likely N-dealkylation sites (tertiary alicyclic amines) is 2. The van der Waals surface area contributed by atoms with E-state index in [9.17, 15) is 28.8 Å². The Balaban J connectivity index is 1.09. The van der Waals surface area contributed by atoms with Crippen molar-refractivity contribution in [2.45, 2.75) is 115 Å². The van der Waals surface area contributed by atoms with E-state index in [1.807, 2.05) is 60.7 Å². The first kappa shape index (κ1) is 63.4. The molecule has 18 heteroatoms. The first-order chi connectivity index (χ1) is 39.6. The van der Waals surface area contributed by atoms with Crippen LogP contribution in [0.5, 0.6) is 11.5 Å². The Kier molecular flexibility index (Phi) is 25.3. The molecule has 0 saturated carbocycles. The SMILES string of the molecule is CN[C@@H](C)C(=O)N[C@H](C(=O)N1CCC[C@H]1CN(CCc1ccccc1)C(=O)c1ccc(OC)cc1)C(C)OCC#CC#CCO[C@H](C)[C@H](NC(=O)[C@H](C)NC)C(=O)N1CCCC1CN(CCc1ccccc1)C(=O)c1ccc(OC)cc1. The minimum Gasteiger partial charge on any atom is -0.497 e. The van der Waals surface area contributed by atoms with Crippen molar-refractivity contribution in [1.82, 2.24) is 40.9 Å². The Bertz CT molecular complexity index is 2640. The average molecular weight is 1120 g/mol. The van der Waals surface area contributed by atoms with Crippen molar-refractivity contribution in [1.29, 1.82) is 0 Å². The summed E-state index contributed by atoms with van der Waals surface area (Å²) in [4.78, 5) is 91.3. The molecule has 2 aliphatic rings. The van der Waals surface area contributed by atoms with E-state index in [1.165, 1.54) is 0 Å². The molecule has 6 amide bonds. The second kappa shape index (κ2) is 32.6. The van der Waals surface area contributed by atoms with Crippen molar-refractivity contribution in [3.8, 4) is 35.2 Å². The molecule has 82 heavy (non-hydrogen) atoms. The fourth-order valence-electron chi connectivity index (χ4n) is 9.98. The predicted molar refractivity (Wildman–Crippen MR) is 315 cm³/mol. The molecule has 4 aromatic carbocycles. The van der Waals surface area contributed by atoms with Crippen molar-refractivity contribution in [2.24, 2.45) is 0 Å². The number of nitrogens with one attached hydrogen (secondary N) is 4. The van der Waals surface area contributed by atoms with Gasteiger partial charge in [0.2, 0.25) is 23.6 Å². The number of methoxy groups -OCH3 is 2. The molecule has 0 spiro atoms. The Labute approximate surface area is 484 Å². The highest BCUT2D eigenvalue weighted by atomic mass is 16.5. The number of rotatable bonds is 28. The van der Waals surface area contributed by atoms with E-state index in [-0.39, 0.29) is 60.7 Å². The molecule has 4 N–H and O–H groups in total. The van der Waals surface area contributed by atoms with Crippen LogP contribution in [0, 0.1) is 23.7 Å². The van der Waals surface area contributed by atoms with E-state index in [2.05, 4.69) is 44.9 Å². The zero-order valence-electron chi connectivity index (χ0n) is 48.8. The molecule has 0 bridgehead atoms. The fraction of sp³-hybridized carbons (Fsp3) is 0.469.